The molecule has 2 heterocycles. The van der Waals surface area contributed by atoms with Crippen molar-refractivity contribution >= 4 is 16.0 Å². The fourth-order valence-electron chi connectivity index (χ4n) is 2.75. The quantitative estimate of drug-likeness (QED) is 0.810. The van der Waals surface area contributed by atoms with E-state index in [1.807, 2.05) is 37.8 Å². The Kier molecular flexibility index (Phi) is 5.10. The third-order valence-electron chi connectivity index (χ3n) is 4.40. The summed E-state index contributed by atoms with van der Waals surface area (Å²) in [6, 6.07) is 7.58. The highest BCUT2D eigenvalue weighted by Crippen LogP contribution is 2.22. The summed E-state index contributed by atoms with van der Waals surface area (Å²) in [5.74, 6) is 0.773. The molecule has 0 spiro atoms. The minimum absolute atomic E-state index is 0.175. The van der Waals surface area contributed by atoms with Crippen molar-refractivity contribution in [2.75, 3.05) is 31.1 Å². The van der Waals surface area contributed by atoms with Gasteiger partial charge in [-0.15, -0.1) is 5.10 Å². The van der Waals surface area contributed by atoms with E-state index in [0.717, 1.165) is 12.0 Å². The molecule has 0 saturated carbocycles. The van der Waals surface area contributed by atoms with Crippen LogP contribution in [0.4, 0.5) is 6.01 Å². The summed E-state index contributed by atoms with van der Waals surface area (Å²) in [5.41, 5.74) is 1.13. The summed E-state index contributed by atoms with van der Waals surface area (Å²) < 4.78 is 32.7. The van der Waals surface area contributed by atoms with Gasteiger partial charge in [0.1, 0.15) is 0 Å². The fourth-order valence-corrected chi connectivity index (χ4v) is 4.18. The lowest BCUT2D eigenvalue weighted by molar-refractivity contribution is 0.367. The van der Waals surface area contributed by atoms with Crippen LogP contribution in [0.3, 0.4) is 0 Å². The van der Waals surface area contributed by atoms with Crippen molar-refractivity contribution in [3.05, 3.63) is 35.7 Å². The van der Waals surface area contributed by atoms with Gasteiger partial charge in [0.2, 0.25) is 15.9 Å². The molecule has 3 rings (SSSR count). The number of hydrogen-bond acceptors (Lipinski definition) is 6. The molecule has 0 atom stereocenters. The van der Waals surface area contributed by atoms with Crippen LogP contribution in [0.15, 0.2) is 33.6 Å². The van der Waals surface area contributed by atoms with Crippen molar-refractivity contribution in [3.63, 3.8) is 0 Å². The molecule has 0 N–H and O–H groups in total. The molecule has 0 unspecified atom stereocenters. The van der Waals surface area contributed by atoms with Gasteiger partial charge < -0.3 is 9.32 Å². The van der Waals surface area contributed by atoms with Crippen molar-refractivity contribution in [1.29, 1.82) is 0 Å². The second-order valence-corrected chi connectivity index (χ2v) is 8.40. The number of aryl methyl sites for hydroxylation is 1. The topological polar surface area (TPSA) is 79.5 Å². The Balaban J connectivity index is 1.68. The molecule has 1 aromatic carbocycles. The van der Waals surface area contributed by atoms with Crippen LogP contribution in [0.1, 0.15) is 38.1 Å². The minimum atomic E-state index is -3.46. The normalized spacial score (nSPS) is 16.6. The third kappa shape index (κ3) is 3.69. The summed E-state index contributed by atoms with van der Waals surface area (Å²) in [4.78, 5) is 2.28. The summed E-state index contributed by atoms with van der Waals surface area (Å²) in [6.45, 7) is 7.90. The highest BCUT2D eigenvalue weighted by molar-refractivity contribution is 7.89. The number of nitrogens with zero attached hydrogens (tertiary/aromatic N) is 4. The van der Waals surface area contributed by atoms with Crippen LogP contribution < -0.4 is 4.90 Å². The van der Waals surface area contributed by atoms with Crippen LogP contribution in [0.25, 0.3) is 0 Å². The largest absolute Gasteiger partial charge is 0.408 e. The molecular formula is C17H24N4O3S. The summed E-state index contributed by atoms with van der Waals surface area (Å²) in [5, 5.41) is 8.10. The Labute approximate surface area is 148 Å². The number of hydrogen-bond donors (Lipinski definition) is 0. The molecule has 0 aliphatic carbocycles. The zero-order valence-electron chi connectivity index (χ0n) is 14.8. The summed E-state index contributed by atoms with van der Waals surface area (Å²) in [7, 11) is -3.46. The molecule has 0 bridgehead atoms. The predicted molar refractivity (Wildman–Crippen MR) is 95.2 cm³/mol. The molecule has 1 saturated heterocycles. The molecule has 1 fully saturated rings. The van der Waals surface area contributed by atoms with Gasteiger partial charge in [0.25, 0.3) is 0 Å². The highest BCUT2D eigenvalue weighted by atomic mass is 32.2. The van der Waals surface area contributed by atoms with E-state index in [2.05, 4.69) is 10.2 Å². The lowest BCUT2D eigenvalue weighted by Gasteiger charge is -2.32. The zero-order valence-corrected chi connectivity index (χ0v) is 15.7. The van der Waals surface area contributed by atoms with E-state index in [-0.39, 0.29) is 5.92 Å². The maximum absolute atomic E-state index is 12.8. The number of piperazine rings is 1. The van der Waals surface area contributed by atoms with E-state index in [1.54, 1.807) is 12.1 Å². The molecule has 0 radical (unpaired) electrons. The molecule has 25 heavy (non-hydrogen) atoms. The minimum Gasteiger partial charge on any atom is -0.408 e. The predicted octanol–water partition coefficient (Wildman–Crippen LogP) is 2.27. The van der Waals surface area contributed by atoms with Crippen LogP contribution in [0.2, 0.25) is 0 Å². The van der Waals surface area contributed by atoms with Crippen molar-refractivity contribution in [1.82, 2.24) is 14.5 Å². The van der Waals surface area contributed by atoms with Gasteiger partial charge in [-0.05, 0) is 24.1 Å². The first-order valence-corrected chi connectivity index (χ1v) is 10.0. The van der Waals surface area contributed by atoms with Gasteiger partial charge in [0.05, 0.1) is 4.90 Å². The molecule has 8 heteroatoms. The maximum Gasteiger partial charge on any atom is 0.318 e. The van der Waals surface area contributed by atoms with Crippen molar-refractivity contribution in [2.24, 2.45) is 0 Å². The van der Waals surface area contributed by atoms with Gasteiger partial charge in [0, 0.05) is 32.1 Å². The number of rotatable bonds is 5. The van der Waals surface area contributed by atoms with E-state index < -0.39 is 10.0 Å². The first-order valence-electron chi connectivity index (χ1n) is 8.59. The second kappa shape index (κ2) is 7.13. The van der Waals surface area contributed by atoms with Gasteiger partial charge in [0.15, 0.2) is 0 Å². The van der Waals surface area contributed by atoms with Gasteiger partial charge in [-0.2, -0.15) is 4.31 Å². The van der Waals surface area contributed by atoms with E-state index >= 15 is 0 Å². The van der Waals surface area contributed by atoms with Crippen LogP contribution in [0, 0.1) is 0 Å². The van der Waals surface area contributed by atoms with Crippen LogP contribution in [-0.4, -0.2) is 49.1 Å². The van der Waals surface area contributed by atoms with E-state index in [0.29, 0.717) is 43.0 Å². The fraction of sp³-hybridized carbons (Fsp3) is 0.529. The number of sulfonamides is 1. The number of aromatic nitrogens is 2. The van der Waals surface area contributed by atoms with E-state index in [9.17, 15) is 8.42 Å². The molecule has 1 aliphatic rings. The Morgan fingerprint density at radius 3 is 2.24 bits per heavy atom. The number of anilines is 1. The Morgan fingerprint density at radius 2 is 1.72 bits per heavy atom. The zero-order chi connectivity index (χ0) is 18.0. The van der Waals surface area contributed by atoms with Crippen LogP contribution in [0.5, 0.6) is 0 Å². The average molecular weight is 364 g/mol. The van der Waals surface area contributed by atoms with Crippen LogP contribution >= 0.6 is 0 Å². The van der Waals surface area contributed by atoms with Crippen LogP contribution in [-0.2, 0) is 16.4 Å². The SMILES string of the molecule is CCc1ccc(S(=O)(=O)N2CCN(c3nnc(C(C)C)o3)CC2)cc1. The molecule has 136 valence electrons. The van der Waals surface area contributed by atoms with Gasteiger partial charge in [-0.3, -0.25) is 0 Å². The smallest absolute Gasteiger partial charge is 0.318 e. The van der Waals surface area contributed by atoms with Gasteiger partial charge >= 0.3 is 6.01 Å². The Hall–Kier alpha value is -1.93. The molecular weight excluding hydrogens is 340 g/mol. The lowest BCUT2D eigenvalue weighted by atomic mass is 10.2. The average Bonchev–Trinajstić information content (AvgIpc) is 3.12. The summed E-state index contributed by atoms with van der Waals surface area (Å²) in [6.07, 6.45) is 0.890. The van der Waals surface area contributed by atoms with Crippen molar-refractivity contribution in [2.45, 2.75) is 38.0 Å². The van der Waals surface area contributed by atoms with E-state index in [4.69, 9.17) is 4.42 Å². The molecule has 7 nitrogen and oxygen atoms in total. The Bertz CT molecular complexity index is 807. The number of benzene rings is 1. The highest BCUT2D eigenvalue weighted by Gasteiger charge is 2.30. The maximum atomic E-state index is 12.8. The monoisotopic (exact) mass is 364 g/mol. The molecule has 1 aliphatic heterocycles. The lowest BCUT2D eigenvalue weighted by Crippen LogP contribution is -2.48. The molecule has 0 amide bonds. The third-order valence-corrected chi connectivity index (χ3v) is 6.32. The van der Waals surface area contributed by atoms with Gasteiger partial charge in [-0.1, -0.05) is 38.0 Å². The van der Waals surface area contributed by atoms with Crippen molar-refractivity contribution in [3.8, 4) is 0 Å². The molecule has 2 aromatic rings. The first-order chi connectivity index (χ1) is 11.9. The standard InChI is InChI=1S/C17H24N4O3S/c1-4-14-5-7-15(8-6-14)25(22,23)21-11-9-20(10-12-21)17-19-18-16(24-17)13(2)3/h5-8,13H,4,9-12H2,1-3H3. The summed E-state index contributed by atoms with van der Waals surface area (Å²) >= 11 is 0. The second-order valence-electron chi connectivity index (χ2n) is 6.47. The van der Waals surface area contributed by atoms with Crippen molar-refractivity contribution < 1.29 is 12.8 Å². The Morgan fingerprint density at radius 1 is 1.08 bits per heavy atom. The first kappa shape index (κ1) is 17.9. The van der Waals surface area contributed by atoms with Gasteiger partial charge in [-0.25, -0.2) is 8.42 Å². The molecule has 1 aromatic heterocycles. The van der Waals surface area contributed by atoms with E-state index in [1.165, 1.54) is 4.31 Å².